The summed E-state index contributed by atoms with van der Waals surface area (Å²) in [4.78, 5) is 43.8. The number of amides is 3. The number of carbonyl (C=O) groups excluding carboxylic acids is 3. The number of nitrogens with two attached hydrogens (primary N) is 1. The monoisotopic (exact) mass is 243 g/mol. The SMILES string of the molecule is NC(=O)[C@@H](CC(=O)O)NC(=O)[C@H]1CCC(=O)N1. The zero-order valence-corrected chi connectivity index (χ0v) is 8.93. The molecule has 0 unspecified atom stereocenters. The first kappa shape index (κ1) is 12.9. The minimum atomic E-state index is -1.27. The van der Waals surface area contributed by atoms with Crippen LogP contribution in [0, 0.1) is 0 Å². The first-order valence-electron chi connectivity index (χ1n) is 5.01. The molecule has 1 rings (SSSR count). The fourth-order valence-electron chi connectivity index (χ4n) is 1.48. The summed E-state index contributed by atoms with van der Waals surface area (Å²) < 4.78 is 0. The lowest BCUT2D eigenvalue weighted by molar-refractivity contribution is -0.140. The van der Waals surface area contributed by atoms with Crippen molar-refractivity contribution >= 4 is 23.7 Å². The number of rotatable bonds is 5. The van der Waals surface area contributed by atoms with E-state index in [0.717, 1.165) is 0 Å². The van der Waals surface area contributed by atoms with Crippen LogP contribution in [0.3, 0.4) is 0 Å². The Morgan fingerprint density at radius 3 is 2.59 bits per heavy atom. The molecule has 3 amide bonds. The molecule has 0 aromatic rings. The maximum atomic E-state index is 11.6. The molecule has 17 heavy (non-hydrogen) atoms. The summed E-state index contributed by atoms with van der Waals surface area (Å²) in [6.07, 6.45) is -0.0246. The first-order chi connectivity index (χ1) is 7.90. The highest BCUT2D eigenvalue weighted by Crippen LogP contribution is 2.07. The molecule has 0 bridgehead atoms. The van der Waals surface area contributed by atoms with E-state index in [0.29, 0.717) is 6.42 Å². The van der Waals surface area contributed by atoms with Gasteiger partial charge in [-0.1, -0.05) is 0 Å². The molecule has 1 aliphatic rings. The molecule has 1 heterocycles. The molecule has 1 saturated heterocycles. The van der Waals surface area contributed by atoms with Crippen LogP contribution in [0.2, 0.25) is 0 Å². The van der Waals surface area contributed by atoms with Crippen LogP contribution < -0.4 is 16.4 Å². The van der Waals surface area contributed by atoms with Crippen LogP contribution in [0.1, 0.15) is 19.3 Å². The second-order valence-electron chi connectivity index (χ2n) is 3.72. The molecule has 1 aliphatic heterocycles. The minimum Gasteiger partial charge on any atom is -0.481 e. The predicted octanol–water partition coefficient (Wildman–Crippen LogP) is -2.29. The van der Waals surface area contributed by atoms with E-state index in [1.807, 2.05) is 0 Å². The Hall–Kier alpha value is -2.12. The van der Waals surface area contributed by atoms with Gasteiger partial charge in [0.2, 0.25) is 17.7 Å². The highest BCUT2D eigenvalue weighted by molar-refractivity contribution is 5.94. The summed E-state index contributed by atoms with van der Waals surface area (Å²) in [6, 6.07) is -1.99. The average Bonchev–Trinajstić information content (AvgIpc) is 2.63. The van der Waals surface area contributed by atoms with Gasteiger partial charge < -0.3 is 21.5 Å². The topological polar surface area (TPSA) is 139 Å². The Labute approximate surface area is 96.5 Å². The summed E-state index contributed by atoms with van der Waals surface area (Å²) in [5, 5.41) is 13.1. The van der Waals surface area contributed by atoms with Gasteiger partial charge in [-0.15, -0.1) is 0 Å². The second kappa shape index (κ2) is 5.28. The van der Waals surface area contributed by atoms with E-state index < -0.39 is 36.3 Å². The number of carbonyl (C=O) groups is 4. The lowest BCUT2D eigenvalue weighted by atomic mass is 10.1. The Bertz CT molecular complexity index is 368. The van der Waals surface area contributed by atoms with Gasteiger partial charge >= 0.3 is 5.97 Å². The molecule has 0 radical (unpaired) electrons. The number of nitrogens with one attached hydrogen (secondary N) is 2. The Balaban J connectivity index is 2.55. The van der Waals surface area contributed by atoms with Gasteiger partial charge in [-0.25, -0.2) is 0 Å². The standard InChI is InChI=1S/C9H13N3O5/c10-8(16)5(3-7(14)15)12-9(17)4-1-2-6(13)11-4/h4-5H,1-3H2,(H2,10,16)(H,11,13)(H,12,17)(H,14,15)/t4-,5-/m1/s1. The van der Waals surface area contributed by atoms with E-state index in [-0.39, 0.29) is 12.3 Å². The Morgan fingerprint density at radius 2 is 2.18 bits per heavy atom. The van der Waals surface area contributed by atoms with Crippen molar-refractivity contribution in [1.82, 2.24) is 10.6 Å². The third-order valence-corrected chi connectivity index (χ3v) is 2.35. The fourth-order valence-corrected chi connectivity index (χ4v) is 1.48. The molecular weight excluding hydrogens is 230 g/mol. The van der Waals surface area contributed by atoms with Crippen LogP contribution in [-0.4, -0.2) is 40.9 Å². The molecule has 5 N–H and O–H groups in total. The lowest BCUT2D eigenvalue weighted by Crippen LogP contribution is -2.51. The van der Waals surface area contributed by atoms with Crippen LogP contribution in [0.25, 0.3) is 0 Å². The number of carboxylic acid groups (broad SMARTS) is 1. The van der Waals surface area contributed by atoms with Gasteiger partial charge in [0.1, 0.15) is 12.1 Å². The number of aliphatic carboxylic acids is 1. The molecular formula is C9H13N3O5. The zero-order chi connectivity index (χ0) is 13.0. The van der Waals surface area contributed by atoms with Crippen molar-refractivity contribution in [1.29, 1.82) is 0 Å². The summed E-state index contributed by atoms with van der Waals surface area (Å²) >= 11 is 0. The molecule has 0 aromatic carbocycles. The van der Waals surface area contributed by atoms with Gasteiger partial charge in [0.15, 0.2) is 0 Å². The average molecular weight is 243 g/mol. The van der Waals surface area contributed by atoms with Gasteiger partial charge in [-0.05, 0) is 6.42 Å². The van der Waals surface area contributed by atoms with Gasteiger partial charge in [-0.2, -0.15) is 0 Å². The van der Waals surface area contributed by atoms with E-state index in [1.54, 1.807) is 0 Å². The normalized spacial score (nSPS) is 20.5. The van der Waals surface area contributed by atoms with Crippen molar-refractivity contribution in [2.45, 2.75) is 31.3 Å². The number of hydrogen-bond acceptors (Lipinski definition) is 4. The van der Waals surface area contributed by atoms with E-state index >= 15 is 0 Å². The number of primary amides is 1. The number of carboxylic acids is 1. The van der Waals surface area contributed by atoms with Gasteiger partial charge in [0.25, 0.3) is 0 Å². The van der Waals surface area contributed by atoms with Crippen LogP contribution in [0.5, 0.6) is 0 Å². The van der Waals surface area contributed by atoms with Crippen LogP contribution in [0.15, 0.2) is 0 Å². The molecule has 1 fully saturated rings. The maximum absolute atomic E-state index is 11.6. The Kier molecular flexibility index (Phi) is 4.02. The molecule has 0 aromatic heterocycles. The summed E-state index contributed by atoms with van der Waals surface area (Å²) in [5.41, 5.74) is 4.95. The van der Waals surface area contributed by atoms with Crippen LogP contribution in [0.4, 0.5) is 0 Å². The van der Waals surface area contributed by atoms with Gasteiger partial charge in [-0.3, -0.25) is 19.2 Å². The van der Waals surface area contributed by atoms with Gasteiger partial charge in [0.05, 0.1) is 6.42 Å². The third-order valence-electron chi connectivity index (χ3n) is 2.35. The third kappa shape index (κ3) is 3.74. The van der Waals surface area contributed by atoms with Crippen LogP contribution >= 0.6 is 0 Å². The fraction of sp³-hybridized carbons (Fsp3) is 0.556. The molecule has 94 valence electrons. The summed E-state index contributed by atoms with van der Waals surface area (Å²) in [7, 11) is 0. The van der Waals surface area contributed by atoms with Crippen molar-refractivity contribution in [3.63, 3.8) is 0 Å². The smallest absolute Gasteiger partial charge is 0.305 e. The highest BCUT2D eigenvalue weighted by Gasteiger charge is 2.30. The molecule has 8 heteroatoms. The van der Waals surface area contributed by atoms with E-state index in [2.05, 4.69) is 10.6 Å². The largest absolute Gasteiger partial charge is 0.481 e. The molecule has 2 atom stereocenters. The van der Waals surface area contributed by atoms with Crippen molar-refractivity contribution in [2.24, 2.45) is 5.73 Å². The molecule has 8 nitrogen and oxygen atoms in total. The minimum absolute atomic E-state index is 0.234. The highest BCUT2D eigenvalue weighted by atomic mass is 16.4. The summed E-state index contributed by atoms with van der Waals surface area (Å²) in [5.74, 6) is -3.02. The first-order valence-corrected chi connectivity index (χ1v) is 5.01. The van der Waals surface area contributed by atoms with Crippen molar-refractivity contribution in [3.8, 4) is 0 Å². The van der Waals surface area contributed by atoms with Gasteiger partial charge in [0, 0.05) is 6.42 Å². The second-order valence-corrected chi connectivity index (χ2v) is 3.72. The van der Waals surface area contributed by atoms with Crippen molar-refractivity contribution in [3.05, 3.63) is 0 Å². The zero-order valence-electron chi connectivity index (χ0n) is 8.93. The molecule has 0 spiro atoms. The van der Waals surface area contributed by atoms with Crippen molar-refractivity contribution in [2.75, 3.05) is 0 Å². The quantitative estimate of drug-likeness (QED) is 0.430. The number of hydrogen-bond donors (Lipinski definition) is 4. The van der Waals surface area contributed by atoms with E-state index in [9.17, 15) is 19.2 Å². The molecule has 0 saturated carbocycles. The maximum Gasteiger partial charge on any atom is 0.305 e. The predicted molar refractivity (Wildman–Crippen MR) is 54.5 cm³/mol. The van der Waals surface area contributed by atoms with Crippen molar-refractivity contribution < 1.29 is 24.3 Å². The summed E-state index contributed by atoms with van der Waals surface area (Å²) in [6.45, 7) is 0. The Morgan fingerprint density at radius 1 is 1.53 bits per heavy atom. The van der Waals surface area contributed by atoms with Crippen LogP contribution in [-0.2, 0) is 19.2 Å². The molecule has 0 aliphatic carbocycles. The van der Waals surface area contributed by atoms with E-state index in [1.165, 1.54) is 0 Å². The lowest BCUT2D eigenvalue weighted by Gasteiger charge is -2.16. The van der Waals surface area contributed by atoms with E-state index in [4.69, 9.17) is 10.8 Å².